The van der Waals surface area contributed by atoms with Crippen LogP contribution < -0.4 is 5.32 Å². The van der Waals surface area contributed by atoms with Crippen LogP contribution in [0.15, 0.2) is 58.0 Å². The molecule has 3 rings (SSSR count). The van der Waals surface area contributed by atoms with Crippen molar-refractivity contribution in [3.05, 3.63) is 69.6 Å². The summed E-state index contributed by atoms with van der Waals surface area (Å²) in [4.78, 5) is 27.0. The zero-order valence-electron chi connectivity index (χ0n) is 14.2. The van der Waals surface area contributed by atoms with Crippen LogP contribution in [-0.2, 0) is 4.79 Å². The molecule has 1 N–H and O–H groups in total. The summed E-state index contributed by atoms with van der Waals surface area (Å²) in [6.07, 6.45) is 4.84. The van der Waals surface area contributed by atoms with Gasteiger partial charge in [0.15, 0.2) is 5.78 Å². The molecule has 1 unspecified atom stereocenters. The van der Waals surface area contributed by atoms with Gasteiger partial charge in [0.25, 0.3) is 0 Å². The van der Waals surface area contributed by atoms with Crippen LogP contribution >= 0.6 is 39.3 Å². The lowest BCUT2D eigenvalue weighted by atomic mass is 9.97. The van der Waals surface area contributed by atoms with E-state index in [4.69, 9.17) is 11.6 Å². The predicted octanol–water partition coefficient (Wildman–Crippen LogP) is 6.03. The summed E-state index contributed by atoms with van der Waals surface area (Å²) >= 11 is 11.0. The summed E-state index contributed by atoms with van der Waals surface area (Å²) in [5, 5.41) is 3.42. The number of halogens is 3. The van der Waals surface area contributed by atoms with Gasteiger partial charge in [0, 0.05) is 22.0 Å². The third-order valence-electron chi connectivity index (χ3n) is 4.12. The second kappa shape index (κ2) is 8.46. The van der Waals surface area contributed by atoms with Gasteiger partial charge in [0.2, 0.25) is 0 Å². The molecule has 0 aliphatic carbocycles. The van der Waals surface area contributed by atoms with Crippen molar-refractivity contribution in [2.45, 2.75) is 17.4 Å². The van der Waals surface area contributed by atoms with Gasteiger partial charge >= 0.3 is 6.03 Å². The minimum absolute atomic E-state index is 0.0919. The van der Waals surface area contributed by atoms with E-state index < -0.39 is 12.1 Å². The van der Waals surface area contributed by atoms with Crippen molar-refractivity contribution in [2.24, 2.45) is 0 Å². The molecule has 0 aromatic heterocycles. The summed E-state index contributed by atoms with van der Waals surface area (Å²) in [5.74, 6) is -0.465. The largest absolute Gasteiger partial charge is 0.326 e. The van der Waals surface area contributed by atoms with E-state index in [9.17, 15) is 14.0 Å². The van der Waals surface area contributed by atoms with E-state index in [1.807, 2.05) is 6.26 Å². The molecule has 2 aromatic carbocycles. The number of hydrogen-bond donors (Lipinski definition) is 1. The summed E-state index contributed by atoms with van der Waals surface area (Å²) in [6, 6.07) is 8.38. The number of ketones is 1. The maximum absolute atomic E-state index is 13.2. The van der Waals surface area contributed by atoms with Crippen LogP contribution in [0.3, 0.4) is 0 Å². The van der Waals surface area contributed by atoms with E-state index in [-0.39, 0.29) is 18.0 Å². The Balaban J connectivity index is 1.88. The van der Waals surface area contributed by atoms with Gasteiger partial charge in [-0.25, -0.2) is 9.18 Å². The van der Waals surface area contributed by atoms with Gasteiger partial charge in [-0.05, 0) is 58.1 Å². The molecular formula is C19H15BrClFN2O2S. The van der Waals surface area contributed by atoms with E-state index in [0.717, 1.165) is 4.90 Å². The average Bonchev–Trinajstić information content (AvgIpc) is 2.64. The lowest BCUT2D eigenvalue weighted by molar-refractivity contribution is -0.116. The lowest BCUT2D eigenvalue weighted by Crippen LogP contribution is -2.37. The minimum Gasteiger partial charge on any atom is -0.306 e. The number of nitrogens with one attached hydrogen (secondary N) is 1. The summed E-state index contributed by atoms with van der Waals surface area (Å²) in [5.41, 5.74) is 1.25. The Morgan fingerprint density at radius 1 is 1.33 bits per heavy atom. The standard InChI is InChI=1S/C19H15BrClFN2O2S/c1-27-18-10-16(14(20)9-15(18)21)23-19(26)24-7-6-13(25)8-17(24)11-2-4-12(22)5-3-11/h2-7,9-10,17H,8H2,1H3,(H,23,26). The number of benzene rings is 2. The summed E-state index contributed by atoms with van der Waals surface area (Å²) in [7, 11) is 0. The number of carbonyl (C=O) groups excluding carboxylic acids is 2. The number of nitrogens with zero attached hydrogens (tertiary/aromatic N) is 1. The molecule has 0 radical (unpaired) electrons. The van der Waals surface area contributed by atoms with Crippen LogP contribution in [0.1, 0.15) is 18.0 Å². The van der Waals surface area contributed by atoms with Crippen LogP contribution in [0.2, 0.25) is 5.02 Å². The third kappa shape index (κ3) is 4.54. The Bertz CT molecular complexity index is 921. The lowest BCUT2D eigenvalue weighted by Gasteiger charge is -2.31. The van der Waals surface area contributed by atoms with Gasteiger partial charge in [-0.2, -0.15) is 0 Å². The number of carbonyl (C=O) groups is 2. The van der Waals surface area contributed by atoms with Crippen molar-refractivity contribution >= 4 is 56.8 Å². The zero-order chi connectivity index (χ0) is 19.6. The topological polar surface area (TPSA) is 49.4 Å². The fourth-order valence-electron chi connectivity index (χ4n) is 2.76. The fourth-order valence-corrected chi connectivity index (χ4v) is 4.22. The summed E-state index contributed by atoms with van der Waals surface area (Å²) in [6.45, 7) is 0. The molecule has 8 heteroatoms. The molecule has 1 aliphatic heterocycles. The minimum atomic E-state index is -0.505. The van der Waals surface area contributed by atoms with Crippen LogP contribution in [0.25, 0.3) is 0 Å². The van der Waals surface area contributed by atoms with E-state index in [0.29, 0.717) is 20.7 Å². The van der Waals surface area contributed by atoms with Gasteiger partial charge in [-0.15, -0.1) is 11.8 Å². The number of thioether (sulfide) groups is 1. The number of rotatable bonds is 3. The Morgan fingerprint density at radius 3 is 2.70 bits per heavy atom. The number of allylic oxidation sites excluding steroid dienone is 1. The van der Waals surface area contributed by atoms with Crippen molar-refractivity contribution in [2.75, 3.05) is 11.6 Å². The fraction of sp³-hybridized carbons (Fsp3) is 0.158. The van der Waals surface area contributed by atoms with E-state index in [2.05, 4.69) is 21.2 Å². The van der Waals surface area contributed by atoms with Gasteiger partial charge in [-0.3, -0.25) is 9.69 Å². The molecule has 0 saturated heterocycles. The smallest absolute Gasteiger partial charge is 0.306 e. The maximum atomic E-state index is 13.2. The second-order valence-corrected chi connectivity index (χ2v) is 7.97. The molecule has 1 heterocycles. The maximum Gasteiger partial charge on any atom is 0.326 e. The van der Waals surface area contributed by atoms with Gasteiger partial charge < -0.3 is 5.32 Å². The second-order valence-electron chi connectivity index (χ2n) is 5.86. The molecule has 1 atom stereocenters. The molecule has 1 aliphatic rings. The Labute approximate surface area is 173 Å². The Kier molecular flexibility index (Phi) is 6.24. The van der Waals surface area contributed by atoms with Crippen molar-refractivity contribution in [3.63, 3.8) is 0 Å². The number of hydrogen-bond acceptors (Lipinski definition) is 3. The van der Waals surface area contributed by atoms with Crippen molar-refractivity contribution in [1.29, 1.82) is 0 Å². The third-order valence-corrected chi connectivity index (χ3v) is 5.98. The highest BCUT2D eigenvalue weighted by Crippen LogP contribution is 2.35. The molecule has 2 amide bonds. The van der Waals surface area contributed by atoms with Crippen LogP contribution in [-0.4, -0.2) is 23.0 Å². The highest BCUT2D eigenvalue weighted by molar-refractivity contribution is 9.10. The first kappa shape index (κ1) is 19.9. The van der Waals surface area contributed by atoms with Gasteiger partial charge in [0.1, 0.15) is 5.82 Å². The first-order chi connectivity index (χ1) is 12.9. The molecule has 140 valence electrons. The zero-order valence-corrected chi connectivity index (χ0v) is 17.4. The molecule has 0 fully saturated rings. The first-order valence-corrected chi connectivity index (χ1v) is 10.4. The monoisotopic (exact) mass is 468 g/mol. The number of urea groups is 1. The Hall–Kier alpha value is -1.83. The molecule has 4 nitrogen and oxygen atoms in total. The van der Waals surface area contributed by atoms with Gasteiger partial charge in [-0.1, -0.05) is 23.7 Å². The normalized spacial score (nSPS) is 16.5. The molecule has 0 bridgehead atoms. The van der Waals surface area contributed by atoms with E-state index >= 15 is 0 Å². The molecule has 0 saturated carbocycles. The molecule has 2 aromatic rings. The average molecular weight is 470 g/mol. The first-order valence-electron chi connectivity index (χ1n) is 7.98. The quantitative estimate of drug-likeness (QED) is 0.559. The van der Waals surface area contributed by atoms with Crippen LogP contribution in [0.5, 0.6) is 0 Å². The van der Waals surface area contributed by atoms with Crippen molar-refractivity contribution < 1.29 is 14.0 Å². The highest BCUT2D eigenvalue weighted by atomic mass is 79.9. The number of amides is 2. The highest BCUT2D eigenvalue weighted by Gasteiger charge is 2.29. The molecular weight excluding hydrogens is 455 g/mol. The predicted molar refractivity (Wildman–Crippen MR) is 110 cm³/mol. The van der Waals surface area contributed by atoms with Crippen molar-refractivity contribution in [1.82, 2.24) is 4.90 Å². The van der Waals surface area contributed by atoms with Crippen LogP contribution in [0, 0.1) is 5.82 Å². The number of anilines is 1. The molecule has 0 spiro atoms. The van der Waals surface area contributed by atoms with Crippen LogP contribution in [0.4, 0.5) is 14.9 Å². The van der Waals surface area contributed by atoms with Crippen molar-refractivity contribution in [3.8, 4) is 0 Å². The van der Waals surface area contributed by atoms with Gasteiger partial charge in [0.05, 0.1) is 16.8 Å². The van der Waals surface area contributed by atoms with E-state index in [1.165, 1.54) is 41.1 Å². The SMILES string of the molecule is CSc1cc(NC(=O)N2C=CC(=O)CC2c2ccc(F)cc2)c(Br)cc1Cl. The Morgan fingerprint density at radius 2 is 2.04 bits per heavy atom. The summed E-state index contributed by atoms with van der Waals surface area (Å²) < 4.78 is 13.9. The molecule has 27 heavy (non-hydrogen) atoms. The van der Waals surface area contributed by atoms with E-state index in [1.54, 1.807) is 24.3 Å².